The second kappa shape index (κ2) is 9.94. The number of ether oxygens (including phenoxy) is 1. The number of aromatic nitrogens is 3. The van der Waals surface area contributed by atoms with Crippen LogP contribution in [0.1, 0.15) is 28.9 Å². The van der Waals surface area contributed by atoms with Crippen molar-refractivity contribution in [2.24, 2.45) is 0 Å². The zero-order chi connectivity index (χ0) is 24.1. The highest BCUT2D eigenvalue weighted by Crippen LogP contribution is 2.31. The highest BCUT2D eigenvalue weighted by Gasteiger charge is 2.32. The van der Waals surface area contributed by atoms with E-state index in [1.165, 1.54) is 6.20 Å². The van der Waals surface area contributed by atoms with Crippen LogP contribution in [0.2, 0.25) is 0 Å². The molecule has 4 rings (SSSR count). The summed E-state index contributed by atoms with van der Waals surface area (Å²) < 4.78 is 44.1. The van der Waals surface area contributed by atoms with Crippen LogP contribution in [0.4, 0.5) is 13.2 Å². The van der Waals surface area contributed by atoms with E-state index in [1.54, 1.807) is 11.0 Å². The van der Waals surface area contributed by atoms with Crippen LogP contribution in [0.3, 0.4) is 0 Å². The van der Waals surface area contributed by atoms with Crippen molar-refractivity contribution >= 4 is 11.8 Å². The Morgan fingerprint density at radius 2 is 1.85 bits per heavy atom. The van der Waals surface area contributed by atoms with Crippen LogP contribution >= 0.6 is 0 Å². The van der Waals surface area contributed by atoms with Crippen molar-refractivity contribution in [2.75, 3.05) is 19.6 Å². The summed E-state index contributed by atoms with van der Waals surface area (Å²) in [4.78, 5) is 30.0. The van der Waals surface area contributed by atoms with Gasteiger partial charge >= 0.3 is 6.18 Å². The Kier molecular flexibility index (Phi) is 6.80. The molecule has 0 unspecified atom stereocenters. The highest BCUT2D eigenvalue weighted by atomic mass is 19.4. The van der Waals surface area contributed by atoms with Crippen LogP contribution in [-0.2, 0) is 11.0 Å². The van der Waals surface area contributed by atoms with Crippen molar-refractivity contribution in [3.8, 4) is 17.0 Å². The minimum atomic E-state index is -4.49. The first-order valence-electron chi connectivity index (χ1n) is 10.7. The molecule has 2 N–H and O–H groups in total. The fourth-order valence-corrected chi connectivity index (χ4v) is 3.61. The maximum atomic E-state index is 12.8. The number of alkyl halides is 3. The number of H-pyrrole nitrogens is 1. The third kappa shape index (κ3) is 5.72. The van der Waals surface area contributed by atoms with E-state index in [0.717, 1.165) is 17.8 Å². The van der Waals surface area contributed by atoms with Crippen LogP contribution in [0.5, 0.6) is 5.75 Å². The van der Waals surface area contributed by atoms with E-state index in [-0.39, 0.29) is 30.0 Å². The van der Waals surface area contributed by atoms with Crippen molar-refractivity contribution in [3.05, 3.63) is 66.1 Å². The SMILES string of the molecule is O=C(NCC(=O)N1CCC(Oc2cncc(C(F)(F)F)c2)CC1)c1cc(-c2ccccc2)n[nH]1. The molecule has 178 valence electrons. The average Bonchev–Trinajstić information content (AvgIpc) is 3.34. The number of halogens is 3. The number of benzene rings is 1. The first-order valence-corrected chi connectivity index (χ1v) is 10.7. The number of amides is 2. The fraction of sp³-hybridized carbons (Fsp3) is 0.304. The fourth-order valence-electron chi connectivity index (χ4n) is 3.61. The van der Waals surface area contributed by atoms with Crippen molar-refractivity contribution in [2.45, 2.75) is 25.1 Å². The molecular formula is C23H22F3N5O3. The topological polar surface area (TPSA) is 100 Å². The van der Waals surface area contributed by atoms with Crippen molar-refractivity contribution in [1.82, 2.24) is 25.4 Å². The molecule has 1 aromatic carbocycles. The molecule has 0 bridgehead atoms. The first-order chi connectivity index (χ1) is 16.3. The number of carbonyl (C=O) groups is 2. The van der Waals surface area contributed by atoms with E-state index in [9.17, 15) is 22.8 Å². The lowest BCUT2D eigenvalue weighted by molar-refractivity contribution is -0.138. The van der Waals surface area contributed by atoms with E-state index in [2.05, 4.69) is 20.5 Å². The van der Waals surface area contributed by atoms with Gasteiger partial charge < -0.3 is 15.0 Å². The minimum Gasteiger partial charge on any atom is -0.489 e. The number of carbonyl (C=O) groups excluding carboxylic acids is 2. The normalized spacial score (nSPS) is 14.6. The first kappa shape index (κ1) is 23.3. The minimum absolute atomic E-state index is 0.0429. The largest absolute Gasteiger partial charge is 0.489 e. The molecule has 0 atom stereocenters. The summed E-state index contributed by atoms with van der Waals surface area (Å²) in [5, 5.41) is 9.38. The third-order valence-corrected chi connectivity index (χ3v) is 5.43. The molecule has 0 aliphatic carbocycles. The number of aromatic amines is 1. The van der Waals surface area contributed by atoms with Gasteiger partial charge in [0.05, 0.1) is 24.0 Å². The summed E-state index contributed by atoms with van der Waals surface area (Å²) in [6, 6.07) is 11.9. The maximum Gasteiger partial charge on any atom is 0.418 e. The lowest BCUT2D eigenvalue weighted by Gasteiger charge is -2.32. The summed E-state index contributed by atoms with van der Waals surface area (Å²) >= 11 is 0. The van der Waals surface area contributed by atoms with Gasteiger partial charge in [0.2, 0.25) is 5.91 Å². The Bertz CT molecular complexity index is 1140. The summed E-state index contributed by atoms with van der Waals surface area (Å²) in [5.41, 5.74) is 0.852. The molecule has 2 amide bonds. The second-order valence-electron chi connectivity index (χ2n) is 7.82. The molecule has 8 nitrogen and oxygen atoms in total. The predicted molar refractivity (Wildman–Crippen MR) is 116 cm³/mol. The second-order valence-corrected chi connectivity index (χ2v) is 7.82. The number of piperidine rings is 1. The molecule has 0 saturated carbocycles. The van der Waals surface area contributed by atoms with Crippen molar-refractivity contribution in [3.63, 3.8) is 0 Å². The number of likely N-dealkylation sites (tertiary alicyclic amines) is 1. The van der Waals surface area contributed by atoms with Gasteiger partial charge in [0.1, 0.15) is 17.5 Å². The van der Waals surface area contributed by atoms with Gasteiger partial charge in [-0.05, 0) is 12.1 Å². The quantitative estimate of drug-likeness (QED) is 0.572. The van der Waals surface area contributed by atoms with Gasteiger partial charge in [-0.2, -0.15) is 18.3 Å². The smallest absolute Gasteiger partial charge is 0.418 e. The monoisotopic (exact) mass is 473 g/mol. The number of hydrogen-bond donors (Lipinski definition) is 2. The molecule has 1 saturated heterocycles. The molecule has 0 radical (unpaired) electrons. The van der Waals surface area contributed by atoms with E-state index < -0.39 is 17.6 Å². The molecule has 34 heavy (non-hydrogen) atoms. The van der Waals surface area contributed by atoms with Gasteiger partial charge in [0, 0.05) is 37.7 Å². The lowest BCUT2D eigenvalue weighted by atomic mass is 10.1. The highest BCUT2D eigenvalue weighted by molar-refractivity contribution is 5.95. The standard InChI is InChI=1S/C23H22F3N5O3/c24-23(25,26)16-10-18(13-27-12-16)34-17-6-8-31(9-7-17)21(32)14-28-22(33)20-11-19(29-30-20)15-4-2-1-3-5-15/h1-5,10-13,17H,6-9,14H2,(H,28,33)(H,29,30). The third-order valence-electron chi connectivity index (χ3n) is 5.43. The molecule has 11 heteroatoms. The number of hydrogen-bond acceptors (Lipinski definition) is 5. The zero-order valence-corrected chi connectivity index (χ0v) is 18.0. The Balaban J connectivity index is 1.23. The van der Waals surface area contributed by atoms with Crippen molar-refractivity contribution < 1.29 is 27.5 Å². The molecular weight excluding hydrogens is 451 g/mol. The average molecular weight is 473 g/mol. The van der Waals surface area contributed by atoms with Gasteiger partial charge in [-0.3, -0.25) is 19.7 Å². The molecule has 0 spiro atoms. The van der Waals surface area contributed by atoms with E-state index in [4.69, 9.17) is 4.74 Å². The Morgan fingerprint density at radius 1 is 1.12 bits per heavy atom. The lowest BCUT2D eigenvalue weighted by Crippen LogP contribution is -2.46. The molecule has 3 heterocycles. The van der Waals surface area contributed by atoms with Gasteiger partial charge in [0.25, 0.3) is 5.91 Å². The predicted octanol–water partition coefficient (Wildman–Crippen LogP) is 3.29. The Morgan fingerprint density at radius 3 is 2.56 bits per heavy atom. The number of pyridine rings is 1. The molecule has 3 aromatic rings. The Labute approximate surface area is 193 Å². The molecule has 1 aliphatic rings. The van der Waals surface area contributed by atoms with Gasteiger partial charge in [0.15, 0.2) is 0 Å². The van der Waals surface area contributed by atoms with Crippen LogP contribution in [-0.4, -0.2) is 57.6 Å². The summed E-state index contributed by atoms with van der Waals surface area (Å²) in [6.45, 7) is 0.559. The summed E-state index contributed by atoms with van der Waals surface area (Å²) in [5.74, 6) is -0.657. The van der Waals surface area contributed by atoms with E-state index in [1.807, 2.05) is 30.3 Å². The summed E-state index contributed by atoms with van der Waals surface area (Å²) in [7, 11) is 0. The number of nitrogens with one attached hydrogen (secondary N) is 2. The Hall–Kier alpha value is -3.89. The molecule has 2 aromatic heterocycles. The van der Waals surface area contributed by atoms with Crippen molar-refractivity contribution in [1.29, 1.82) is 0 Å². The zero-order valence-electron chi connectivity index (χ0n) is 18.0. The van der Waals surface area contributed by atoms with Crippen LogP contribution in [0.25, 0.3) is 11.3 Å². The number of rotatable bonds is 6. The molecule has 1 fully saturated rings. The van der Waals surface area contributed by atoms with Gasteiger partial charge in [-0.15, -0.1) is 0 Å². The van der Waals surface area contributed by atoms with E-state index >= 15 is 0 Å². The summed E-state index contributed by atoms with van der Waals surface area (Å²) in [6.07, 6.45) is -1.93. The van der Waals surface area contributed by atoms with Crippen LogP contribution in [0, 0.1) is 0 Å². The van der Waals surface area contributed by atoms with Crippen LogP contribution in [0.15, 0.2) is 54.9 Å². The molecule has 1 aliphatic heterocycles. The maximum absolute atomic E-state index is 12.8. The van der Waals surface area contributed by atoms with Gasteiger partial charge in [-0.25, -0.2) is 0 Å². The van der Waals surface area contributed by atoms with Gasteiger partial charge in [-0.1, -0.05) is 30.3 Å². The van der Waals surface area contributed by atoms with E-state index in [0.29, 0.717) is 31.6 Å². The number of nitrogens with zero attached hydrogens (tertiary/aromatic N) is 3. The van der Waals surface area contributed by atoms with Crippen LogP contribution < -0.4 is 10.1 Å².